The van der Waals surface area contributed by atoms with Crippen molar-refractivity contribution in [3.8, 4) is 40.1 Å². The van der Waals surface area contributed by atoms with Gasteiger partial charge in [0.25, 0.3) is 0 Å². The van der Waals surface area contributed by atoms with Crippen molar-refractivity contribution in [1.29, 1.82) is 10.5 Å². The Hall–Kier alpha value is -5.19. The van der Waals surface area contributed by atoms with E-state index in [1.54, 1.807) is 12.4 Å². The lowest BCUT2D eigenvalue weighted by Crippen LogP contribution is -2.00. The summed E-state index contributed by atoms with van der Waals surface area (Å²) in [5, 5.41) is 21.5. The summed E-state index contributed by atoms with van der Waals surface area (Å²) in [6.45, 7) is 2.09. The molecule has 0 aliphatic rings. The van der Waals surface area contributed by atoms with Crippen molar-refractivity contribution in [2.45, 2.75) is 6.92 Å². The summed E-state index contributed by atoms with van der Waals surface area (Å²) in [6.07, 6.45) is 3.49. The maximum absolute atomic E-state index is 10.1. The molecule has 0 saturated carbocycles. The molecule has 0 saturated heterocycles. The van der Waals surface area contributed by atoms with Crippen molar-refractivity contribution in [2.75, 3.05) is 0 Å². The standard InChI is InChI=1S/C32H20N4/c1-21-16-29(24-12-14-35-15-13-24)26(20-34)18-31(21)36-30-5-3-2-4-27(30)28-11-10-25(17-32(28)36)23-8-6-22(19-33)7-9-23/h2-18H,1H3. The first-order valence-corrected chi connectivity index (χ1v) is 11.7. The summed E-state index contributed by atoms with van der Waals surface area (Å²) in [5.74, 6) is 0. The van der Waals surface area contributed by atoms with E-state index in [9.17, 15) is 5.26 Å². The first-order valence-electron chi connectivity index (χ1n) is 11.7. The van der Waals surface area contributed by atoms with Crippen LogP contribution in [-0.4, -0.2) is 9.55 Å². The molecule has 0 atom stereocenters. The number of hydrogen-bond acceptors (Lipinski definition) is 3. The van der Waals surface area contributed by atoms with Gasteiger partial charge in [-0.3, -0.25) is 4.98 Å². The van der Waals surface area contributed by atoms with Crippen molar-refractivity contribution in [2.24, 2.45) is 0 Å². The summed E-state index contributed by atoms with van der Waals surface area (Å²) < 4.78 is 2.25. The molecule has 0 fully saturated rings. The molecule has 6 aromatic rings. The Morgan fingerprint density at radius 1 is 0.667 bits per heavy atom. The molecule has 2 heterocycles. The first kappa shape index (κ1) is 21.4. The Kier molecular flexibility index (Phi) is 5.07. The van der Waals surface area contributed by atoms with Gasteiger partial charge in [-0.05, 0) is 83.3 Å². The van der Waals surface area contributed by atoms with E-state index >= 15 is 0 Å². The molecule has 0 aliphatic carbocycles. The van der Waals surface area contributed by atoms with Crippen LogP contribution in [0.1, 0.15) is 16.7 Å². The quantitative estimate of drug-likeness (QED) is 0.274. The van der Waals surface area contributed by atoms with Crippen LogP contribution in [0.4, 0.5) is 0 Å². The Labute approximate surface area is 208 Å². The molecule has 0 spiro atoms. The number of rotatable bonds is 3. The topological polar surface area (TPSA) is 65.4 Å². The molecule has 0 aliphatic heterocycles. The summed E-state index contributed by atoms with van der Waals surface area (Å²) in [7, 11) is 0. The highest BCUT2D eigenvalue weighted by molar-refractivity contribution is 6.10. The van der Waals surface area contributed by atoms with E-state index in [1.807, 2.05) is 48.5 Å². The van der Waals surface area contributed by atoms with Gasteiger partial charge in [0.15, 0.2) is 0 Å². The van der Waals surface area contributed by atoms with Gasteiger partial charge < -0.3 is 4.57 Å². The van der Waals surface area contributed by atoms with Crippen molar-refractivity contribution in [1.82, 2.24) is 9.55 Å². The minimum absolute atomic E-state index is 0.621. The molecule has 0 bridgehead atoms. The smallest absolute Gasteiger partial charge is 0.0998 e. The van der Waals surface area contributed by atoms with E-state index in [0.29, 0.717) is 11.1 Å². The summed E-state index contributed by atoms with van der Waals surface area (Å²) in [4.78, 5) is 4.12. The third kappa shape index (κ3) is 3.41. The zero-order valence-corrected chi connectivity index (χ0v) is 19.6. The molecular formula is C32H20N4. The number of benzene rings is 4. The maximum Gasteiger partial charge on any atom is 0.0998 e. The van der Waals surface area contributed by atoms with E-state index in [0.717, 1.165) is 55.3 Å². The maximum atomic E-state index is 10.1. The summed E-state index contributed by atoms with van der Waals surface area (Å²) >= 11 is 0. The minimum atomic E-state index is 0.621. The fourth-order valence-corrected chi connectivity index (χ4v) is 4.95. The van der Waals surface area contributed by atoms with Crippen molar-refractivity contribution >= 4 is 21.8 Å². The highest BCUT2D eigenvalue weighted by Crippen LogP contribution is 2.37. The molecule has 0 N–H and O–H groups in total. The number of fused-ring (bicyclic) bond motifs is 3. The van der Waals surface area contributed by atoms with Gasteiger partial charge in [-0.25, -0.2) is 0 Å². The fraction of sp³-hybridized carbons (Fsp3) is 0.0312. The molecule has 36 heavy (non-hydrogen) atoms. The Morgan fingerprint density at radius 2 is 1.39 bits per heavy atom. The van der Waals surface area contributed by atoms with E-state index in [4.69, 9.17) is 5.26 Å². The summed E-state index contributed by atoms with van der Waals surface area (Å²) in [6, 6.07) is 35.0. The van der Waals surface area contributed by atoms with Crippen LogP contribution in [-0.2, 0) is 0 Å². The predicted octanol–water partition coefficient (Wildman–Crippen LogP) is 7.56. The van der Waals surface area contributed by atoms with Gasteiger partial charge in [0.2, 0.25) is 0 Å². The van der Waals surface area contributed by atoms with Crippen LogP contribution < -0.4 is 0 Å². The Bertz CT molecular complexity index is 1850. The average molecular weight is 461 g/mol. The number of hydrogen-bond donors (Lipinski definition) is 0. The van der Waals surface area contributed by atoms with Crippen LogP contribution in [0.2, 0.25) is 0 Å². The van der Waals surface area contributed by atoms with E-state index < -0.39 is 0 Å². The van der Waals surface area contributed by atoms with Crippen molar-refractivity contribution in [3.63, 3.8) is 0 Å². The molecule has 0 amide bonds. The van der Waals surface area contributed by atoms with Gasteiger partial charge in [0, 0.05) is 23.2 Å². The monoisotopic (exact) mass is 460 g/mol. The molecule has 4 aromatic carbocycles. The highest BCUT2D eigenvalue weighted by atomic mass is 15.0. The summed E-state index contributed by atoms with van der Waals surface area (Å²) in [5.41, 5.74) is 9.48. The second-order valence-electron chi connectivity index (χ2n) is 8.81. The van der Waals surface area contributed by atoms with Gasteiger partial charge in [-0.15, -0.1) is 0 Å². The zero-order chi connectivity index (χ0) is 24.6. The van der Waals surface area contributed by atoms with Crippen LogP contribution in [0.3, 0.4) is 0 Å². The lowest BCUT2D eigenvalue weighted by molar-refractivity contribution is 1.15. The number of pyridine rings is 1. The van der Waals surface area contributed by atoms with Crippen molar-refractivity contribution < 1.29 is 0 Å². The van der Waals surface area contributed by atoms with E-state index in [1.165, 1.54) is 0 Å². The number of para-hydroxylation sites is 1. The second kappa shape index (κ2) is 8.55. The molecule has 0 radical (unpaired) electrons. The number of nitrogens with zero attached hydrogens (tertiary/aromatic N) is 4. The van der Waals surface area contributed by atoms with Crippen LogP contribution >= 0.6 is 0 Å². The second-order valence-corrected chi connectivity index (χ2v) is 8.81. The Morgan fingerprint density at radius 3 is 2.14 bits per heavy atom. The lowest BCUT2D eigenvalue weighted by atomic mass is 9.97. The number of aryl methyl sites for hydroxylation is 1. The van der Waals surface area contributed by atoms with E-state index in [2.05, 4.69) is 71.1 Å². The molecule has 4 nitrogen and oxygen atoms in total. The highest BCUT2D eigenvalue weighted by Gasteiger charge is 2.17. The van der Waals surface area contributed by atoms with Crippen LogP contribution in [0.5, 0.6) is 0 Å². The SMILES string of the molecule is Cc1cc(-c2ccncc2)c(C#N)cc1-n1c2ccccc2c2ccc(-c3ccc(C#N)cc3)cc21. The van der Waals surface area contributed by atoms with E-state index in [-0.39, 0.29) is 0 Å². The largest absolute Gasteiger partial charge is 0.309 e. The van der Waals surface area contributed by atoms with Crippen LogP contribution in [0.15, 0.2) is 103 Å². The first-order chi connectivity index (χ1) is 17.7. The van der Waals surface area contributed by atoms with Crippen molar-refractivity contribution in [3.05, 3.63) is 120 Å². The van der Waals surface area contributed by atoms with Gasteiger partial charge in [0.05, 0.1) is 40.0 Å². The fourth-order valence-electron chi connectivity index (χ4n) is 4.95. The third-order valence-electron chi connectivity index (χ3n) is 6.71. The molecule has 2 aromatic heterocycles. The molecule has 168 valence electrons. The van der Waals surface area contributed by atoms with Crippen LogP contribution in [0, 0.1) is 29.6 Å². The normalized spacial score (nSPS) is 10.9. The van der Waals surface area contributed by atoms with Gasteiger partial charge >= 0.3 is 0 Å². The third-order valence-corrected chi connectivity index (χ3v) is 6.71. The van der Waals surface area contributed by atoms with Gasteiger partial charge in [-0.1, -0.05) is 42.5 Å². The lowest BCUT2D eigenvalue weighted by Gasteiger charge is -2.15. The average Bonchev–Trinajstić information content (AvgIpc) is 3.27. The minimum Gasteiger partial charge on any atom is -0.309 e. The van der Waals surface area contributed by atoms with Crippen LogP contribution in [0.25, 0.3) is 49.7 Å². The number of aromatic nitrogens is 2. The predicted molar refractivity (Wildman–Crippen MR) is 144 cm³/mol. The molecule has 6 rings (SSSR count). The number of nitriles is 2. The van der Waals surface area contributed by atoms with Gasteiger partial charge in [-0.2, -0.15) is 10.5 Å². The molecule has 4 heteroatoms. The molecule has 0 unspecified atom stereocenters. The Balaban J connectivity index is 1.62. The zero-order valence-electron chi connectivity index (χ0n) is 19.6. The molecular weight excluding hydrogens is 440 g/mol. The van der Waals surface area contributed by atoms with Gasteiger partial charge in [0.1, 0.15) is 0 Å².